The van der Waals surface area contributed by atoms with E-state index in [0.717, 1.165) is 36.3 Å². The highest BCUT2D eigenvalue weighted by atomic mass is 35.5. The standard InChI is InChI=1S/C30H32N2O2.ClH/c1-2-34-28(33)29(25-12-6-3-7-13-25)18-21-32(22-19-29)23-20-30(24-31,26-14-8-4-9-15-26)27-16-10-5-11-17-27;/h3-17H,2,18-23H2,1H3;1H/p-1. The summed E-state index contributed by atoms with van der Waals surface area (Å²) in [6.07, 6.45) is 2.12. The Kier molecular flexibility index (Phi) is 9.09. The topological polar surface area (TPSA) is 53.3 Å². The van der Waals surface area contributed by atoms with Crippen LogP contribution in [-0.2, 0) is 20.4 Å². The number of halogens is 1. The molecule has 0 spiro atoms. The minimum absolute atomic E-state index is 0. The monoisotopic (exact) mass is 487 g/mol. The Bertz CT molecular complexity index is 1070. The maximum Gasteiger partial charge on any atom is 0.316 e. The van der Waals surface area contributed by atoms with Gasteiger partial charge in [-0.25, -0.2) is 0 Å². The highest BCUT2D eigenvalue weighted by molar-refractivity contribution is 5.83. The number of hydrogen-bond donors (Lipinski definition) is 0. The second-order valence-electron chi connectivity index (χ2n) is 9.01. The minimum Gasteiger partial charge on any atom is -1.00 e. The number of ether oxygens (including phenoxy) is 1. The third-order valence-electron chi connectivity index (χ3n) is 7.23. The molecular formula is C30H32ClN2O2-. The Morgan fingerprint density at radius 3 is 1.86 bits per heavy atom. The number of benzene rings is 3. The van der Waals surface area contributed by atoms with Crippen molar-refractivity contribution in [2.24, 2.45) is 0 Å². The first-order valence-electron chi connectivity index (χ1n) is 12.1. The van der Waals surface area contributed by atoms with Crippen LogP contribution in [0.1, 0.15) is 42.9 Å². The molecule has 0 radical (unpaired) electrons. The molecule has 3 aromatic carbocycles. The zero-order valence-electron chi connectivity index (χ0n) is 20.2. The van der Waals surface area contributed by atoms with Crippen LogP contribution in [0.15, 0.2) is 91.0 Å². The van der Waals surface area contributed by atoms with Crippen molar-refractivity contribution in [1.82, 2.24) is 4.90 Å². The molecule has 0 bridgehead atoms. The average Bonchev–Trinajstić information content (AvgIpc) is 2.91. The van der Waals surface area contributed by atoms with Gasteiger partial charge in [0.05, 0.1) is 18.1 Å². The fraction of sp³-hybridized carbons (Fsp3) is 0.333. The van der Waals surface area contributed by atoms with E-state index in [0.29, 0.717) is 25.9 Å². The van der Waals surface area contributed by atoms with Crippen LogP contribution in [0.5, 0.6) is 0 Å². The van der Waals surface area contributed by atoms with Crippen molar-refractivity contribution in [3.05, 3.63) is 108 Å². The molecule has 4 rings (SSSR count). The summed E-state index contributed by atoms with van der Waals surface area (Å²) < 4.78 is 5.52. The van der Waals surface area contributed by atoms with Gasteiger partial charge in [0, 0.05) is 6.54 Å². The molecule has 1 heterocycles. The smallest absolute Gasteiger partial charge is 0.316 e. The summed E-state index contributed by atoms with van der Waals surface area (Å²) in [7, 11) is 0. The van der Waals surface area contributed by atoms with Crippen LogP contribution >= 0.6 is 0 Å². The second kappa shape index (κ2) is 12.0. The van der Waals surface area contributed by atoms with Gasteiger partial charge in [-0.15, -0.1) is 0 Å². The van der Waals surface area contributed by atoms with Gasteiger partial charge >= 0.3 is 5.97 Å². The summed E-state index contributed by atoms with van der Waals surface area (Å²) >= 11 is 0. The number of nitrogens with zero attached hydrogens (tertiary/aromatic N) is 2. The van der Waals surface area contributed by atoms with Gasteiger partial charge in [0.1, 0.15) is 5.41 Å². The van der Waals surface area contributed by atoms with Crippen molar-refractivity contribution in [3.63, 3.8) is 0 Å². The summed E-state index contributed by atoms with van der Waals surface area (Å²) in [6, 6.07) is 32.9. The zero-order valence-corrected chi connectivity index (χ0v) is 21.0. The van der Waals surface area contributed by atoms with Gasteiger partial charge in [-0.1, -0.05) is 91.0 Å². The van der Waals surface area contributed by atoms with Crippen molar-refractivity contribution in [1.29, 1.82) is 5.26 Å². The minimum atomic E-state index is -0.711. The van der Waals surface area contributed by atoms with Gasteiger partial charge < -0.3 is 22.0 Å². The van der Waals surface area contributed by atoms with Crippen LogP contribution in [0, 0.1) is 11.3 Å². The van der Waals surface area contributed by atoms with Gasteiger partial charge in [0.15, 0.2) is 0 Å². The van der Waals surface area contributed by atoms with E-state index in [9.17, 15) is 10.1 Å². The van der Waals surface area contributed by atoms with E-state index in [1.54, 1.807) is 0 Å². The number of carbonyl (C=O) groups is 1. The lowest BCUT2D eigenvalue weighted by molar-refractivity contribution is -0.152. The van der Waals surface area contributed by atoms with E-state index in [2.05, 4.69) is 11.0 Å². The van der Waals surface area contributed by atoms with E-state index < -0.39 is 10.8 Å². The number of rotatable bonds is 8. The molecule has 1 aliphatic rings. The molecular weight excluding hydrogens is 456 g/mol. The highest BCUT2D eigenvalue weighted by Gasteiger charge is 2.44. The molecule has 5 heteroatoms. The van der Waals surface area contributed by atoms with Crippen molar-refractivity contribution >= 4 is 5.97 Å². The number of hydrogen-bond acceptors (Lipinski definition) is 4. The average molecular weight is 488 g/mol. The van der Waals surface area contributed by atoms with Crippen molar-refractivity contribution in [3.8, 4) is 6.07 Å². The molecule has 0 aromatic heterocycles. The Morgan fingerprint density at radius 2 is 1.40 bits per heavy atom. The Morgan fingerprint density at radius 1 is 0.914 bits per heavy atom. The molecule has 0 atom stereocenters. The van der Waals surface area contributed by atoms with Gasteiger partial charge in [-0.3, -0.25) is 4.79 Å². The SMILES string of the molecule is CCOC(=O)C1(c2ccccc2)CCN(CCC(C#N)(c2ccccc2)c2ccccc2)CC1.[Cl-]. The maximum absolute atomic E-state index is 13.1. The molecule has 0 amide bonds. The first-order valence-corrected chi connectivity index (χ1v) is 12.1. The van der Waals surface area contributed by atoms with E-state index in [4.69, 9.17) is 4.74 Å². The molecule has 3 aromatic rings. The van der Waals surface area contributed by atoms with Crippen LogP contribution in [0.25, 0.3) is 0 Å². The summed E-state index contributed by atoms with van der Waals surface area (Å²) in [4.78, 5) is 15.5. The molecule has 35 heavy (non-hydrogen) atoms. The van der Waals surface area contributed by atoms with Crippen LogP contribution in [0.4, 0.5) is 0 Å². The molecule has 1 aliphatic heterocycles. The molecule has 0 unspecified atom stereocenters. The first-order chi connectivity index (χ1) is 16.6. The molecule has 0 saturated carbocycles. The Labute approximate surface area is 214 Å². The Balaban J connectivity index is 0.00000342. The van der Waals surface area contributed by atoms with Crippen LogP contribution in [0.2, 0.25) is 0 Å². The van der Waals surface area contributed by atoms with Gasteiger partial charge in [-0.05, 0) is 56.0 Å². The summed E-state index contributed by atoms with van der Waals surface area (Å²) in [6.45, 7) is 4.61. The number of likely N-dealkylation sites (tertiary alicyclic amines) is 1. The normalized spacial score (nSPS) is 15.4. The summed E-state index contributed by atoms with van der Waals surface area (Å²) in [5, 5.41) is 10.4. The molecule has 1 saturated heterocycles. The molecule has 1 fully saturated rings. The highest BCUT2D eigenvalue weighted by Crippen LogP contribution is 2.39. The zero-order chi connectivity index (χ0) is 23.9. The van der Waals surface area contributed by atoms with Crippen LogP contribution in [0.3, 0.4) is 0 Å². The van der Waals surface area contributed by atoms with Crippen LogP contribution < -0.4 is 12.4 Å². The molecule has 0 aliphatic carbocycles. The quantitative estimate of drug-likeness (QED) is 0.458. The number of nitriles is 1. The van der Waals surface area contributed by atoms with Crippen molar-refractivity contribution in [2.45, 2.75) is 37.0 Å². The van der Waals surface area contributed by atoms with E-state index >= 15 is 0 Å². The van der Waals surface area contributed by atoms with E-state index in [1.807, 2.05) is 97.9 Å². The largest absolute Gasteiger partial charge is 1.00 e. The number of piperidine rings is 1. The first kappa shape index (κ1) is 26.5. The fourth-order valence-corrected chi connectivity index (χ4v) is 5.21. The predicted octanol–water partition coefficient (Wildman–Crippen LogP) is 2.49. The summed E-state index contributed by atoms with van der Waals surface area (Å²) in [5.41, 5.74) is 1.76. The molecule has 182 valence electrons. The van der Waals surface area contributed by atoms with Crippen LogP contribution in [-0.4, -0.2) is 37.1 Å². The molecule has 4 nitrogen and oxygen atoms in total. The lowest BCUT2D eigenvalue weighted by Gasteiger charge is -2.41. The number of carbonyl (C=O) groups excluding carboxylic acids is 1. The van der Waals surface area contributed by atoms with E-state index in [-0.39, 0.29) is 18.4 Å². The Hall–Kier alpha value is -3.13. The number of esters is 1. The lowest BCUT2D eigenvalue weighted by Crippen LogP contribution is -3.00. The predicted molar refractivity (Wildman–Crippen MR) is 134 cm³/mol. The third kappa shape index (κ3) is 5.42. The van der Waals surface area contributed by atoms with Crippen molar-refractivity contribution in [2.75, 3.05) is 26.2 Å². The van der Waals surface area contributed by atoms with Gasteiger partial charge in [0.2, 0.25) is 0 Å². The van der Waals surface area contributed by atoms with E-state index in [1.165, 1.54) is 0 Å². The lowest BCUT2D eigenvalue weighted by atomic mass is 9.71. The molecule has 0 N–H and O–H groups in total. The van der Waals surface area contributed by atoms with Gasteiger partial charge in [0.25, 0.3) is 0 Å². The third-order valence-corrected chi connectivity index (χ3v) is 7.23. The van der Waals surface area contributed by atoms with Crippen molar-refractivity contribution < 1.29 is 21.9 Å². The maximum atomic E-state index is 13.1. The van der Waals surface area contributed by atoms with Gasteiger partial charge in [-0.2, -0.15) is 5.26 Å². The fourth-order valence-electron chi connectivity index (χ4n) is 5.21. The second-order valence-corrected chi connectivity index (χ2v) is 9.01. The summed E-state index contributed by atoms with van der Waals surface area (Å²) in [5.74, 6) is -0.124.